The molecule has 0 aliphatic carbocycles. The molecule has 3 N–H and O–H groups in total. The van der Waals surface area contributed by atoms with Crippen molar-refractivity contribution in [3.63, 3.8) is 0 Å². The average Bonchev–Trinajstić information content (AvgIpc) is 3.07. The van der Waals surface area contributed by atoms with Gasteiger partial charge in [0.25, 0.3) is 0 Å². The van der Waals surface area contributed by atoms with Crippen LogP contribution in [0.2, 0.25) is 0 Å². The second kappa shape index (κ2) is 9.54. The Morgan fingerprint density at radius 1 is 1.26 bits per heavy atom. The van der Waals surface area contributed by atoms with E-state index in [2.05, 4.69) is 27.7 Å². The Hall–Kier alpha value is -2.45. The quantitative estimate of drug-likeness (QED) is 0.445. The van der Waals surface area contributed by atoms with Gasteiger partial charge in [-0.2, -0.15) is 0 Å². The number of rotatable bonds is 8. The van der Waals surface area contributed by atoms with Gasteiger partial charge in [-0.3, -0.25) is 4.99 Å². The number of nitrogens with zero attached hydrogens (tertiary/aromatic N) is 1. The Labute approximate surface area is 141 Å². The van der Waals surface area contributed by atoms with E-state index < -0.39 is 0 Å². The summed E-state index contributed by atoms with van der Waals surface area (Å²) in [5.41, 5.74) is 7.07. The van der Waals surface area contributed by atoms with Crippen molar-refractivity contribution in [1.82, 2.24) is 5.32 Å². The average molecular weight is 327 g/mol. The van der Waals surface area contributed by atoms with E-state index in [4.69, 9.17) is 16.9 Å². The minimum absolute atomic E-state index is 0.291. The van der Waals surface area contributed by atoms with Crippen LogP contribution in [0, 0.1) is 12.3 Å². The Balaban J connectivity index is 1.66. The fourth-order valence-electron chi connectivity index (χ4n) is 2.01. The van der Waals surface area contributed by atoms with Crippen LogP contribution in [0.15, 0.2) is 46.8 Å². The summed E-state index contributed by atoms with van der Waals surface area (Å²) in [6, 6.07) is 12.1. The van der Waals surface area contributed by atoms with E-state index in [1.807, 2.05) is 30.3 Å². The molecule has 0 saturated heterocycles. The van der Waals surface area contributed by atoms with Crippen LogP contribution in [-0.4, -0.2) is 25.7 Å². The fourth-order valence-corrected chi connectivity index (χ4v) is 2.71. The first kappa shape index (κ1) is 16.9. The molecule has 1 heterocycles. The first-order valence-corrected chi connectivity index (χ1v) is 8.37. The van der Waals surface area contributed by atoms with Crippen molar-refractivity contribution in [3.8, 4) is 18.1 Å². The summed E-state index contributed by atoms with van der Waals surface area (Å²) in [5.74, 6) is 3.73. The van der Waals surface area contributed by atoms with Crippen LogP contribution in [0.5, 0.6) is 5.75 Å². The van der Waals surface area contributed by atoms with Gasteiger partial charge in [0, 0.05) is 24.4 Å². The molecule has 2 rings (SSSR count). The molecule has 120 valence electrons. The molecule has 1 aromatic heterocycles. The van der Waals surface area contributed by atoms with E-state index in [1.165, 1.54) is 10.4 Å². The van der Waals surface area contributed by atoms with Gasteiger partial charge < -0.3 is 15.8 Å². The zero-order valence-corrected chi connectivity index (χ0v) is 13.8. The van der Waals surface area contributed by atoms with E-state index in [1.54, 1.807) is 11.3 Å². The highest BCUT2D eigenvalue weighted by molar-refractivity contribution is 7.09. The lowest BCUT2D eigenvalue weighted by molar-refractivity contribution is 0.370. The summed E-state index contributed by atoms with van der Waals surface area (Å²) >= 11 is 1.74. The Morgan fingerprint density at radius 2 is 2.09 bits per heavy atom. The van der Waals surface area contributed by atoms with Gasteiger partial charge >= 0.3 is 0 Å². The molecule has 0 amide bonds. The van der Waals surface area contributed by atoms with Gasteiger partial charge in [-0.1, -0.05) is 24.1 Å². The van der Waals surface area contributed by atoms with Crippen molar-refractivity contribution < 1.29 is 4.74 Å². The third-order valence-corrected chi connectivity index (χ3v) is 4.12. The molecular weight excluding hydrogens is 306 g/mol. The van der Waals surface area contributed by atoms with E-state index in [-0.39, 0.29) is 0 Å². The predicted octanol–water partition coefficient (Wildman–Crippen LogP) is 2.45. The molecule has 1 aromatic carbocycles. The second-order valence-corrected chi connectivity index (χ2v) is 5.94. The summed E-state index contributed by atoms with van der Waals surface area (Å²) in [6.07, 6.45) is 6.96. The highest BCUT2D eigenvalue weighted by Crippen LogP contribution is 2.12. The lowest BCUT2D eigenvalue weighted by Crippen LogP contribution is -2.33. The van der Waals surface area contributed by atoms with Crippen LogP contribution in [0.25, 0.3) is 0 Å². The zero-order chi connectivity index (χ0) is 16.3. The van der Waals surface area contributed by atoms with Crippen molar-refractivity contribution >= 4 is 17.3 Å². The number of aliphatic imine (C=N–C) groups is 1. The minimum atomic E-state index is 0.291. The molecular formula is C18H21N3OS. The summed E-state index contributed by atoms with van der Waals surface area (Å²) in [4.78, 5) is 5.66. The molecule has 2 aromatic rings. The maximum atomic E-state index is 5.86. The van der Waals surface area contributed by atoms with Crippen LogP contribution in [-0.2, 0) is 12.8 Å². The number of guanidine groups is 1. The number of terminal acetylenes is 1. The molecule has 23 heavy (non-hydrogen) atoms. The van der Waals surface area contributed by atoms with Crippen LogP contribution in [0.3, 0.4) is 0 Å². The van der Waals surface area contributed by atoms with Gasteiger partial charge in [0.15, 0.2) is 5.96 Å². The number of nitrogens with one attached hydrogen (secondary N) is 1. The van der Waals surface area contributed by atoms with Gasteiger partial charge in [-0.05, 0) is 35.6 Å². The lowest BCUT2D eigenvalue weighted by Gasteiger charge is -2.07. The van der Waals surface area contributed by atoms with Crippen molar-refractivity contribution in [2.75, 3.05) is 19.7 Å². The molecule has 0 fully saturated rings. The Morgan fingerprint density at radius 3 is 2.78 bits per heavy atom. The summed E-state index contributed by atoms with van der Waals surface area (Å²) < 4.78 is 5.34. The van der Waals surface area contributed by atoms with Crippen LogP contribution >= 0.6 is 11.3 Å². The molecule has 5 heteroatoms. The van der Waals surface area contributed by atoms with Gasteiger partial charge in [0.2, 0.25) is 0 Å². The van der Waals surface area contributed by atoms with Crippen molar-refractivity contribution in [1.29, 1.82) is 0 Å². The van der Waals surface area contributed by atoms with Crippen molar-refractivity contribution in [3.05, 3.63) is 52.2 Å². The smallest absolute Gasteiger partial charge is 0.188 e. The molecule has 0 bridgehead atoms. The molecule has 0 spiro atoms. The predicted molar refractivity (Wildman–Crippen MR) is 97.0 cm³/mol. The molecule has 0 radical (unpaired) electrons. The van der Waals surface area contributed by atoms with E-state index >= 15 is 0 Å². The molecule has 0 unspecified atom stereocenters. The number of hydrogen-bond acceptors (Lipinski definition) is 3. The summed E-state index contributed by atoms with van der Waals surface area (Å²) in [6.45, 7) is 1.75. The highest BCUT2D eigenvalue weighted by Gasteiger charge is 1.97. The van der Waals surface area contributed by atoms with Crippen LogP contribution < -0.4 is 15.8 Å². The number of benzene rings is 1. The van der Waals surface area contributed by atoms with Crippen LogP contribution in [0.1, 0.15) is 10.4 Å². The largest absolute Gasteiger partial charge is 0.481 e. The molecule has 0 aliphatic rings. The first-order chi connectivity index (χ1) is 11.3. The van der Waals surface area contributed by atoms with Crippen LogP contribution in [0.4, 0.5) is 0 Å². The maximum absolute atomic E-state index is 5.86. The summed E-state index contributed by atoms with van der Waals surface area (Å²) in [5, 5.41) is 5.21. The van der Waals surface area contributed by atoms with E-state index in [0.29, 0.717) is 19.1 Å². The van der Waals surface area contributed by atoms with Crippen molar-refractivity contribution in [2.45, 2.75) is 12.8 Å². The standard InChI is InChI=1S/C18H21N3OS/c1-2-13-22-16-7-5-15(6-8-16)9-11-20-18(19)21-12-10-17-4-3-14-23-17/h1,3-8,14H,9-13H2,(H3,19,20,21). The normalized spacial score (nSPS) is 11.0. The van der Waals surface area contributed by atoms with E-state index in [0.717, 1.165) is 25.1 Å². The lowest BCUT2D eigenvalue weighted by atomic mass is 10.1. The van der Waals surface area contributed by atoms with E-state index in [9.17, 15) is 0 Å². The number of thiophene rings is 1. The van der Waals surface area contributed by atoms with Crippen molar-refractivity contribution in [2.24, 2.45) is 10.7 Å². The SMILES string of the molecule is C#CCOc1ccc(CCNC(N)=NCCc2cccs2)cc1. The van der Waals surface area contributed by atoms with Gasteiger partial charge in [0.1, 0.15) is 12.4 Å². The highest BCUT2D eigenvalue weighted by atomic mass is 32.1. The number of hydrogen-bond donors (Lipinski definition) is 2. The first-order valence-electron chi connectivity index (χ1n) is 7.49. The summed E-state index contributed by atoms with van der Waals surface area (Å²) in [7, 11) is 0. The molecule has 4 nitrogen and oxygen atoms in total. The molecule has 0 aliphatic heterocycles. The monoisotopic (exact) mass is 327 g/mol. The second-order valence-electron chi connectivity index (χ2n) is 4.91. The van der Waals surface area contributed by atoms with Gasteiger partial charge in [-0.25, -0.2) is 0 Å². The zero-order valence-electron chi connectivity index (χ0n) is 13.0. The fraction of sp³-hybridized carbons (Fsp3) is 0.278. The topological polar surface area (TPSA) is 59.6 Å². The molecule has 0 atom stereocenters. The van der Waals surface area contributed by atoms with Gasteiger partial charge in [0.05, 0.1) is 0 Å². The third-order valence-electron chi connectivity index (χ3n) is 3.19. The van der Waals surface area contributed by atoms with Gasteiger partial charge in [-0.15, -0.1) is 17.8 Å². The Kier molecular flexibility index (Phi) is 7.02. The Bertz CT molecular complexity index is 642. The minimum Gasteiger partial charge on any atom is -0.481 e. The molecule has 0 saturated carbocycles. The maximum Gasteiger partial charge on any atom is 0.188 e. The number of nitrogens with two attached hydrogens (primary N) is 1. The third kappa shape index (κ3) is 6.45. The number of ether oxygens (including phenoxy) is 1.